The summed E-state index contributed by atoms with van der Waals surface area (Å²) in [6, 6.07) is 12.2. The maximum absolute atomic E-state index is 9.72. The summed E-state index contributed by atoms with van der Waals surface area (Å²) in [5.41, 5.74) is 5.60. The molecule has 1 aliphatic heterocycles. The average molecular weight is 354 g/mol. The van der Waals surface area contributed by atoms with Crippen molar-refractivity contribution in [1.29, 1.82) is 0 Å². The summed E-state index contributed by atoms with van der Waals surface area (Å²) in [7, 11) is 1.62. The number of ether oxygens (including phenoxy) is 1. The molecule has 0 spiro atoms. The molecule has 126 valence electrons. The monoisotopic (exact) mass is 354 g/mol. The van der Waals surface area contributed by atoms with Gasteiger partial charge < -0.3 is 14.9 Å². The van der Waals surface area contributed by atoms with Crippen molar-refractivity contribution in [3.8, 4) is 28.6 Å². The summed E-state index contributed by atoms with van der Waals surface area (Å²) in [6.07, 6.45) is 0. The molecule has 25 heavy (non-hydrogen) atoms. The molecule has 4 rings (SSSR count). The van der Waals surface area contributed by atoms with Crippen molar-refractivity contribution in [3.05, 3.63) is 53.4 Å². The predicted molar refractivity (Wildman–Crippen MR) is 95.0 cm³/mol. The third-order valence-electron chi connectivity index (χ3n) is 3.76. The summed E-state index contributed by atoms with van der Waals surface area (Å²) in [4.78, 5) is 0. The molecule has 0 saturated heterocycles. The second-order valence-corrected chi connectivity index (χ2v) is 6.17. The second-order valence-electron chi connectivity index (χ2n) is 5.34. The fourth-order valence-electron chi connectivity index (χ4n) is 2.48. The molecule has 1 aliphatic rings. The normalized spacial score (nSPS) is 12.9. The fourth-order valence-corrected chi connectivity index (χ4v) is 3.22. The quantitative estimate of drug-likeness (QED) is 0.623. The Bertz CT molecular complexity index is 984. The van der Waals surface area contributed by atoms with Gasteiger partial charge in [-0.25, -0.2) is 4.68 Å². The number of rotatable bonds is 3. The Morgan fingerprint density at radius 3 is 2.72 bits per heavy atom. The first kappa shape index (κ1) is 15.4. The maximum Gasteiger partial charge on any atom is 0.214 e. The van der Waals surface area contributed by atoms with Crippen LogP contribution in [0.5, 0.6) is 17.2 Å². The lowest BCUT2D eigenvalue weighted by Crippen LogP contribution is -2.18. The molecule has 1 aromatic heterocycles. The number of hydrogen-bond acceptors (Lipinski definition) is 7. The third kappa shape index (κ3) is 2.76. The number of fused-ring (bicyclic) bond motifs is 1. The van der Waals surface area contributed by atoms with Gasteiger partial charge in [0.1, 0.15) is 5.75 Å². The van der Waals surface area contributed by atoms with Gasteiger partial charge in [0, 0.05) is 16.5 Å². The SMILES string of the molecule is COc1cccc(-c2nnc3n2NC(c2ccc(O)c(O)c2)=CS3)c1. The van der Waals surface area contributed by atoms with Crippen LogP contribution in [0.1, 0.15) is 5.56 Å². The van der Waals surface area contributed by atoms with Crippen molar-refractivity contribution in [2.45, 2.75) is 5.16 Å². The fraction of sp³-hybridized carbons (Fsp3) is 0.0588. The van der Waals surface area contributed by atoms with Gasteiger partial charge in [0.25, 0.3) is 0 Å². The second kappa shape index (κ2) is 6.06. The number of nitrogens with one attached hydrogen (secondary N) is 1. The van der Waals surface area contributed by atoms with E-state index in [1.807, 2.05) is 29.7 Å². The number of aromatic hydroxyl groups is 2. The zero-order valence-electron chi connectivity index (χ0n) is 13.2. The number of phenols is 2. The number of nitrogens with zero attached hydrogens (tertiary/aromatic N) is 3. The molecule has 0 saturated carbocycles. The number of thioether (sulfide) groups is 1. The number of benzene rings is 2. The van der Waals surface area contributed by atoms with Crippen LogP contribution >= 0.6 is 11.8 Å². The molecule has 0 aliphatic carbocycles. The van der Waals surface area contributed by atoms with E-state index in [1.165, 1.54) is 23.9 Å². The van der Waals surface area contributed by atoms with Crippen LogP contribution in [0.15, 0.2) is 53.0 Å². The van der Waals surface area contributed by atoms with Crippen LogP contribution < -0.4 is 10.2 Å². The lowest BCUT2D eigenvalue weighted by atomic mass is 10.1. The van der Waals surface area contributed by atoms with E-state index < -0.39 is 0 Å². The molecule has 0 fully saturated rings. The molecule has 0 radical (unpaired) electrons. The van der Waals surface area contributed by atoms with E-state index in [0.29, 0.717) is 11.0 Å². The number of hydrogen-bond donors (Lipinski definition) is 3. The highest BCUT2D eigenvalue weighted by Crippen LogP contribution is 2.34. The van der Waals surface area contributed by atoms with E-state index in [2.05, 4.69) is 15.6 Å². The van der Waals surface area contributed by atoms with Crippen LogP contribution in [0, 0.1) is 0 Å². The van der Waals surface area contributed by atoms with Crippen molar-refractivity contribution in [1.82, 2.24) is 14.9 Å². The first-order valence-corrected chi connectivity index (χ1v) is 8.30. The summed E-state index contributed by atoms with van der Waals surface area (Å²) in [6.45, 7) is 0. The van der Waals surface area contributed by atoms with Crippen LogP contribution in [0.25, 0.3) is 17.1 Å². The minimum atomic E-state index is -0.173. The van der Waals surface area contributed by atoms with Gasteiger partial charge in [0.15, 0.2) is 17.3 Å². The molecule has 0 bridgehead atoms. The summed E-state index contributed by atoms with van der Waals surface area (Å²) < 4.78 is 7.04. The summed E-state index contributed by atoms with van der Waals surface area (Å²) in [5, 5.41) is 30.2. The number of methoxy groups -OCH3 is 1. The highest BCUT2D eigenvalue weighted by molar-refractivity contribution is 8.02. The lowest BCUT2D eigenvalue weighted by molar-refractivity contribution is 0.403. The molecule has 8 heteroatoms. The van der Waals surface area contributed by atoms with E-state index in [9.17, 15) is 10.2 Å². The maximum atomic E-state index is 9.72. The average Bonchev–Trinajstić information content (AvgIpc) is 3.07. The van der Waals surface area contributed by atoms with Crippen LogP contribution in [0.2, 0.25) is 0 Å². The Labute approximate surface area is 147 Å². The molecular weight excluding hydrogens is 340 g/mol. The molecule has 0 amide bonds. The van der Waals surface area contributed by atoms with Crippen molar-refractivity contribution < 1.29 is 14.9 Å². The highest BCUT2D eigenvalue weighted by Gasteiger charge is 2.20. The summed E-state index contributed by atoms with van der Waals surface area (Å²) in [5.74, 6) is 1.05. The Hall–Kier alpha value is -3.13. The van der Waals surface area contributed by atoms with E-state index in [4.69, 9.17) is 4.74 Å². The topological polar surface area (TPSA) is 92.4 Å². The van der Waals surface area contributed by atoms with Crippen LogP contribution in [0.3, 0.4) is 0 Å². The zero-order valence-corrected chi connectivity index (χ0v) is 14.0. The number of aromatic nitrogens is 3. The molecule has 7 nitrogen and oxygen atoms in total. The van der Waals surface area contributed by atoms with Gasteiger partial charge in [0.05, 0.1) is 12.8 Å². The summed E-state index contributed by atoms with van der Waals surface area (Å²) >= 11 is 1.42. The molecule has 2 aromatic carbocycles. The van der Waals surface area contributed by atoms with Gasteiger partial charge in [-0.15, -0.1) is 10.2 Å². The first-order chi connectivity index (χ1) is 12.2. The van der Waals surface area contributed by atoms with Crippen LogP contribution in [-0.2, 0) is 0 Å². The Balaban J connectivity index is 1.70. The minimum Gasteiger partial charge on any atom is -0.504 e. The third-order valence-corrected chi connectivity index (χ3v) is 4.59. The Morgan fingerprint density at radius 2 is 1.92 bits per heavy atom. The van der Waals surface area contributed by atoms with Crippen molar-refractivity contribution in [2.24, 2.45) is 0 Å². The number of phenolic OH excluding ortho intramolecular Hbond substituents is 2. The van der Waals surface area contributed by atoms with Gasteiger partial charge >= 0.3 is 0 Å². The molecule has 0 unspecified atom stereocenters. The molecule has 3 aromatic rings. The highest BCUT2D eigenvalue weighted by atomic mass is 32.2. The molecular formula is C17H14N4O3S. The minimum absolute atomic E-state index is 0.158. The standard InChI is InChI=1S/C17H14N4O3S/c1-24-12-4-2-3-11(7-12)16-18-19-17-21(16)20-13(9-25-17)10-5-6-14(22)15(23)8-10/h2-9,20,22-23H,1H3. The molecule has 3 N–H and O–H groups in total. The Morgan fingerprint density at radius 1 is 1.04 bits per heavy atom. The van der Waals surface area contributed by atoms with E-state index >= 15 is 0 Å². The van der Waals surface area contributed by atoms with Gasteiger partial charge in [0.2, 0.25) is 5.16 Å². The van der Waals surface area contributed by atoms with Gasteiger partial charge in [-0.3, -0.25) is 5.43 Å². The van der Waals surface area contributed by atoms with Crippen LogP contribution in [-0.4, -0.2) is 32.2 Å². The molecule has 0 atom stereocenters. The Kier molecular flexibility index (Phi) is 3.73. The van der Waals surface area contributed by atoms with Crippen molar-refractivity contribution in [2.75, 3.05) is 12.5 Å². The molecule has 2 heterocycles. The van der Waals surface area contributed by atoms with Crippen molar-refractivity contribution in [3.63, 3.8) is 0 Å². The van der Waals surface area contributed by atoms with Gasteiger partial charge in [-0.05, 0) is 30.3 Å². The van der Waals surface area contributed by atoms with E-state index in [0.717, 1.165) is 22.6 Å². The van der Waals surface area contributed by atoms with Crippen molar-refractivity contribution >= 4 is 17.5 Å². The predicted octanol–water partition coefficient (Wildman–Crippen LogP) is 3.01. The largest absolute Gasteiger partial charge is 0.504 e. The lowest BCUT2D eigenvalue weighted by Gasteiger charge is -2.19. The van der Waals surface area contributed by atoms with Crippen LogP contribution in [0.4, 0.5) is 0 Å². The smallest absolute Gasteiger partial charge is 0.214 e. The first-order valence-electron chi connectivity index (χ1n) is 7.42. The van der Waals surface area contributed by atoms with E-state index in [-0.39, 0.29) is 11.5 Å². The van der Waals surface area contributed by atoms with Gasteiger partial charge in [-0.2, -0.15) is 0 Å². The van der Waals surface area contributed by atoms with Gasteiger partial charge in [-0.1, -0.05) is 23.9 Å². The van der Waals surface area contributed by atoms with E-state index in [1.54, 1.807) is 17.9 Å². The zero-order chi connectivity index (χ0) is 17.4.